The van der Waals surface area contributed by atoms with Crippen LogP contribution in [0.1, 0.15) is 0 Å². The van der Waals surface area contributed by atoms with Crippen LogP contribution >= 0.6 is 11.6 Å². The van der Waals surface area contributed by atoms with E-state index in [9.17, 15) is 13.2 Å². The third-order valence-electron chi connectivity index (χ3n) is 2.04. The van der Waals surface area contributed by atoms with Crippen LogP contribution in [0, 0.1) is 0 Å². The van der Waals surface area contributed by atoms with Crippen LogP contribution < -0.4 is 14.2 Å². The Morgan fingerprint density at radius 2 is 2.00 bits per heavy atom. The second-order valence-electron chi connectivity index (χ2n) is 3.44. The van der Waals surface area contributed by atoms with Gasteiger partial charge in [0.1, 0.15) is 0 Å². The topological polar surface area (TPSA) is 102 Å². The van der Waals surface area contributed by atoms with E-state index in [4.69, 9.17) is 26.2 Å². The van der Waals surface area contributed by atoms with Gasteiger partial charge < -0.3 is 14.6 Å². The number of carboxylic acids is 1. The maximum atomic E-state index is 11.4. The Kier molecular flexibility index (Phi) is 3.22. The molecule has 0 aliphatic carbocycles. The van der Waals surface area contributed by atoms with Gasteiger partial charge in [-0.05, 0) is 0 Å². The van der Waals surface area contributed by atoms with Crippen molar-refractivity contribution >= 4 is 33.3 Å². The molecule has 0 aromatic heterocycles. The Labute approximate surface area is 107 Å². The number of halogens is 1. The fourth-order valence-electron chi connectivity index (χ4n) is 1.36. The first-order valence-corrected chi connectivity index (χ1v) is 6.72. The lowest BCUT2D eigenvalue weighted by Crippen LogP contribution is -2.22. The summed E-state index contributed by atoms with van der Waals surface area (Å²) in [6.07, 6.45) is 0. The number of benzene rings is 1. The smallest absolute Gasteiger partial charge is 0.320 e. The normalized spacial score (nSPS) is 13.4. The third-order valence-corrected chi connectivity index (χ3v) is 3.51. The molecule has 0 unspecified atom stereocenters. The number of anilines is 1. The predicted molar refractivity (Wildman–Crippen MR) is 62.6 cm³/mol. The van der Waals surface area contributed by atoms with Crippen molar-refractivity contribution in [1.29, 1.82) is 0 Å². The molecule has 9 heteroatoms. The third kappa shape index (κ3) is 2.77. The minimum atomic E-state index is -4.00. The molecule has 0 spiro atoms. The standard InChI is InChI=1S/C9H8ClNO6S/c10-5-1-7-8(17-4-16-7)2-6(5)11-18(14,15)3-9(12)13/h1-2,11H,3-4H2,(H,12,13). The average Bonchev–Trinajstić information content (AvgIpc) is 2.62. The Bertz CT molecular complexity index is 599. The minimum Gasteiger partial charge on any atom is -0.480 e. The van der Waals surface area contributed by atoms with Gasteiger partial charge in [0.2, 0.25) is 16.8 Å². The van der Waals surface area contributed by atoms with E-state index in [1.807, 2.05) is 0 Å². The molecule has 7 nitrogen and oxygen atoms in total. The van der Waals surface area contributed by atoms with Crippen LogP contribution in [0.15, 0.2) is 12.1 Å². The van der Waals surface area contributed by atoms with Gasteiger partial charge in [-0.15, -0.1) is 0 Å². The molecule has 2 rings (SSSR count). The Hall–Kier alpha value is -1.67. The number of ether oxygens (including phenoxy) is 2. The van der Waals surface area contributed by atoms with Gasteiger partial charge in [-0.1, -0.05) is 11.6 Å². The molecule has 0 saturated heterocycles. The highest BCUT2D eigenvalue weighted by Gasteiger charge is 2.21. The molecule has 1 aromatic rings. The predicted octanol–water partition coefficient (Wildman–Crippen LogP) is 0.895. The zero-order valence-electron chi connectivity index (χ0n) is 8.84. The minimum absolute atomic E-state index is 0.0248. The van der Waals surface area contributed by atoms with Crippen molar-refractivity contribution in [1.82, 2.24) is 0 Å². The van der Waals surface area contributed by atoms with Gasteiger partial charge in [-0.2, -0.15) is 0 Å². The summed E-state index contributed by atoms with van der Waals surface area (Å²) in [5.74, 6) is -1.76. The van der Waals surface area contributed by atoms with Crippen LogP contribution in [0.4, 0.5) is 5.69 Å². The summed E-state index contributed by atoms with van der Waals surface area (Å²) in [5, 5.41) is 8.55. The first-order chi connectivity index (χ1) is 8.37. The first kappa shape index (κ1) is 12.8. The van der Waals surface area contributed by atoms with Crippen molar-refractivity contribution in [2.75, 3.05) is 17.3 Å². The monoisotopic (exact) mass is 293 g/mol. The van der Waals surface area contributed by atoms with Gasteiger partial charge >= 0.3 is 5.97 Å². The van der Waals surface area contributed by atoms with Crippen LogP contribution in [-0.2, 0) is 14.8 Å². The molecule has 1 heterocycles. The van der Waals surface area contributed by atoms with Crippen LogP contribution in [0.25, 0.3) is 0 Å². The number of sulfonamides is 1. The van der Waals surface area contributed by atoms with Crippen LogP contribution in [0.2, 0.25) is 5.02 Å². The quantitative estimate of drug-likeness (QED) is 0.855. The molecule has 0 fully saturated rings. The fourth-order valence-corrected chi connectivity index (χ4v) is 2.52. The van der Waals surface area contributed by atoms with Gasteiger partial charge in [0.05, 0.1) is 10.7 Å². The van der Waals surface area contributed by atoms with Gasteiger partial charge in [0, 0.05) is 12.1 Å². The number of aliphatic carboxylic acids is 1. The number of carbonyl (C=O) groups is 1. The molecule has 0 amide bonds. The highest BCUT2D eigenvalue weighted by Crippen LogP contribution is 2.39. The van der Waals surface area contributed by atoms with Gasteiger partial charge in [0.25, 0.3) is 0 Å². The lowest BCUT2D eigenvalue weighted by molar-refractivity contribution is -0.134. The van der Waals surface area contributed by atoms with E-state index in [-0.39, 0.29) is 17.5 Å². The Morgan fingerprint density at radius 1 is 1.39 bits per heavy atom. The lowest BCUT2D eigenvalue weighted by Gasteiger charge is -2.08. The molecule has 1 aromatic carbocycles. The van der Waals surface area contributed by atoms with Crippen molar-refractivity contribution in [2.45, 2.75) is 0 Å². The van der Waals surface area contributed by atoms with E-state index in [1.165, 1.54) is 12.1 Å². The summed E-state index contributed by atoms with van der Waals surface area (Å²) in [5.41, 5.74) is 0.0437. The second kappa shape index (κ2) is 4.54. The van der Waals surface area contributed by atoms with E-state index >= 15 is 0 Å². The van der Waals surface area contributed by atoms with E-state index in [1.54, 1.807) is 0 Å². The number of fused-ring (bicyclic) bond motifs is 1. The molecule has 2 N–H and O–H groups in total. The van der Waals surface area contributed by atoms with Crippen molar-refractivity contribution < 1.29 is 27.8 Å². The summed E-state index contributed by atoms with van der Waals surface area (Å²) >= 11 is 5.84. The lowest BCUT2D eigenvalue weighted by atomic mass is 10.3. The average molecular weight is 294 g/mol. The van der Waals surface area contributed by atoms with E-state index in [0.29, 0.717) is 11.5 Å². The molecule has 98 valence electrons. The molecular formula is C9H8ClNO6S. The van der Waals surface area contributed by atoms with Gasteiger partial charge in [-0.25, -0.2) is 8.42 Å². The SMILES string of the molecule is O=C(O)CS(=O)(=O)Nc1cc2c(cc1Cl)OCO2. The summed E-state index contributed by atoms with van der Waals surface area (Å²) in [7, 11) is -4.00. The molecule has 0 atom stereocenters. The summed E-state index contributed by atoms with van der Waals surface area (Å²) in [6, 6.07) is 2.73. The summed E-state index contributed by atoms with van der Waals surface area (Å²) < 4.78 is 35.1. The zero-order chi connectivity index (χ0) is 13.3. The summed E-state index contributed by atoms with van der Waals surface area (Å²) in [6.45, 7) is 0.0248. The molecule has 1 aliphatic heterocycles. The molecule has 0 bridgehead atoms. The number of hydrogen-bond donors (Lipinski definition) is 2. The Balaban J connectivity index is 2.27. The largest absolute Gasteiger partial charge is 0.480 e. The second-order valence-corrected chi connectivity index (χ2v) is 5.57. The molecule has 18 heavy (non-hydrogen) atoms. The van der Waals surface area contributed by atoms with E-state index in [0.717, 1.165) is 0 Å². The maximum absolute atomic E-state index is 11.4. The van der Waals surface area contributed by atoms with Crippen molar-refractivity contribution in [3.8, 4) is 11.5 Å². The van der Waals surface area contributed by atoms with Crippen molar-refractivity contribution in [3.05, 3.63) is 17.2 Å². The van der Waals surface area contributed by atoms with Crippen molar-refractivity contribution in [2.24, 2.45) is 0 Å². The Morgan fingerprint density at radius 3 is 2.61 bits per heavy atom. The zero-order valence-corrected chi connectivity index (χ0v) is 10.4. The van der Waals surface area contributed by atoms with Gasteiger partial charge in [0.15, 0.2) is 17.3 Å². The molecular weight excluding hydrogens is 286 g/mol. The summed E-state index contributed by atoms with van der Waals surface area (Å²) in [4.78, 5) is 10.4. The van der Waals surface area contributed by atoms with E-state index < -0.39 is 21.7 Å². The van der Waals surface area contributed by atoms with Gasteiger partial charge in [-0.3, -0.25) is 9.52 Å². The molecule has 0 radical (unpaired) electrons. The van der Waals surface area contributed by atoms with Crippen LogP contribution in [-0.4, -0.2) is 32.0 Å². The number of nitrogens with one attached hydrogen (secondary N) is 1. The first-order valence-electron chi connectivity index (χ1n) is 4.69. The number of carboxylic acid groups (broad SMARTS) is 1. The number of hydrogen-bond acceptors (Lipinski definition) is 5. The maximum Gasteiger partial charge on any atom is 0.320 e. The number of rotatable bonds is 4. The molecule has 0 saturated carbocycles. The fraction of sp³-hybridized carbons (Fsp3) is 0.222. The van der Waals surface area contributed by atoms with Crippen molar-refractivity contribution in [3.63, 3.8) is 0 Å². The highest BCUT2D eigenvalue weighted by molar-refractivity contribution is 7.93. The molecule has 1 aliphatic rings. The van der Waals surface area contributed by atoms with E-state index in [2.05, 4.69) is 4.72 Å². The highest BCUT2D eigenvalue weighted by atomic mass is 35.5. The van der Waals surface area contributed by atoms with Crippen LogP contribution in [0.5, 0.6) is 11.5 Å². The van der Waals surface area contributed by atoms with Crippen LogP contribution in [0.3, 0.4) is 0 Å².